The van der Waals surface area contributed by atoms with Crippen LogP contribution in [0.3, 0.4) is 0 Å². The zero-order valence-electron chi connectivity index (χ0n) is 11.4. The van der Waals surface area contributed by atoms with Crippen molar-refractivity contribution in [1.82, 2.24) is 5.32 Å². The Kier molecular flexibility index (Phi) is 5.17. The molecule has 0 saturated carbocycles. The van der Waals surface area contributed by atoms with Gasteiger partial charge in [0.2, 0.25) is 5.78 Å². The number of carbonyl (C=O) groups is 2. The van der Waals surface area contributed by atoms with Crippen LogP contribution in [0.2, 0.25) is 0 Å². The van der Waals surface area contributed by atoms with Crippen molar-refractivity contribution in [3.05, 3.63) is 53.1 Å². The third-order valence-electron chi connectivity index (χ3n) is 2.69. The second kappa shape index (κ2) is 6.91. The predicted molar refractivity (Wildman–Crippen MR) is 82.9 cm³/mol. The summed E-state index contributed by atoms with van der Waals surface area (Å²) in [7, 11) is -4.11. The van der Waals surface area contributed by atoms with Crippen LogP contribution in [-0.2, 0) is 19.7 Å². The number of nitrogens with one attached hydrogen (secondary N) is 1. The lowest BCUT2D eigenvalue weighted by molar-refractivity contribution is -0.115. The van der Waals surface area contributed by atoms with E-state index in [1.54, 1.807) is 0 Å². The third kappa shape index (κ3) is 4.83. The number of benzene rings is 1. The zero-order chi connectivity index (χ0) is 16.2. The first-order valence-corrected chi connectivity index (χ1v) is 8.72. The summed E-state index contributed by atoms with van der Waals surface area (Å²) >= 11 is 1.19. The molecule has 0 aromatic heterocycles. The number of thioether (sulfide) groups is 1. The molecule has 0 radical (unpaired) electrons. The van der Waals surface area contributed by atoms with E-state index in [0.717, 1.165) is 11.0 Å². The molecule has 0 aliphatic heterocycles. The summed E-state index contributed by atoms with van der Waals surface area (Å²) in [6, 6.07) is 9.16. The Labute approximate surface area is 132 Å². The summed E-state index contributed by atoms with van der Waals surface area (Å²) in [5.74, 6) is -1.28. The molecule has 1 aliphatic carbocycles. The molecule has 0 atom stereocenters. The van der Waals surface area contributed by atoms with Crippen LogP contribution in [0.4, 0.5) is 0 Å². The van der Waals surface area contributed by atoms with Gasteiger partial charge >= 0.3 is 0 Å². The molecule has 1 aromatic carbocycles. The molecule has 116 valence electrons. The van der Waals surface area contributed by atoms with Gasteiger partial charge in [0.15, 0.2) is 5.78 Å². The lowest BCUT2D eigenvalue weighted by atomic mass is 10.1. The number of carbonyl (C=O) groups excluding carboxylic acids is 2. The maximum atomic E-state index is 12.0. The molecule has 8 heteroatoms. The molecule has 0 bridgehead atoms. The normalized spacial score (nSPS) is 15.3. The quantitative estimate of drug-likeness (QED) is 0.593. The van der Waals surface area contributed by atoms with Crippen molar-refractivity contribution >= 4 is 33.4 Å². The molecule has 2 rings (SSSR count). The number of allylic oxidation sites excluding steroid dienone is 3. The van der Waals surface area contributed by atoms with Crippen molar-refractivity contribution in [2.75, 3.05) is 12.3 Å². The molecule has 1 aromatic rings. The average Bonchev–Trinajstić information content (AvgIpc) is 2.44. The summed E-state index contributed by atoms with van der Waals surface area (Å²) in [6.45, 7) is -0.154. The van der Waals surface area contributed by atoms with Crippen molar-refractivity contribution in [1.29, 1.82) is 0 Å². The number of rotatable bonds is 6. The molecular formula is C14H13NO5S2. The largest absolute Gasteiger partial charge is 0.381 e. The second-order valence-corrected chi connectivity index (χ2v) is 7.11. The molecule has 0 spiro atoms. The smallest absolute Gasteiger partial charge is 0.266 e. The van der Waals surface area contributed by atoms with Crippen LogP contribution in [0.1, 0.15) is 0 Å². The van der Waals surface area contributed by atoms with Crippen LogP contribution in [0.15, 0.2) is 58.0 Å². The van der Waals surface area contributed by atoms with E-state index in [4.69, 9.17) is 4.55 Å². The van der Waals surface area contributed by atoms with Gasteiger partial charge in [0.1, 0.15) is 0 Å². The molecule has 0 heterocycles. The molecule has 1 aliphatic rings. The molecule has 2 N–H and O–H groups in total. The summed E-state index contributed by atoms with van der Waals surface area (Å²) in [4.78, 5) is 25.0. The van der Waals surface area contributed by atoms with Gasteiger partial charge in [-0.05, 0) is 12.1 Å². The first-order valence-electron chi connectivity index (χ1n) is 6.29. The number of hydrogen-bond donors (Lipinski definition) is 2. The van der Waals surface area contributed by atoms with E-state index >= 15 is 0 Å². The average molecular weight is 339 g/mol. The highest BCUT2D eigenvalue weighted by Crippen LogP contribution is 2.29. The standard InChI is InChI=1S/C14H13NO5S2/c16-12-9-14(21-10-4-2-1-3-5-10)13(17)8-11(12)15-6-7-22(18,19)20/h1-5,8-9,15H,6-7H2,(H,18,19,20). The summed E-state index contributed by atoms with van der Waals surface area (Å²) in [5.41, 5.74) is 0.0195. The lowest BCUT2D eigenvalue weighted by Gasteiger charge is -2.13. The van der Waals surface area contributed by atoms with E-state index < -0.39 is 21.7 Å². The summed E-state index contributed by atoms with van der Waals surface area (Å²) in [6.07, 6.45) is 2.35. The van der Waals surface area contributed by atoms with Crippen molar-refractivity contribution in [3.63, 3.8) is 0 Å². The van der Waals surface area contributed by atoms with Gasteiger partial charge < -0.3 is 5.32 Å². The minimum absolute atomic E-state index is 0.0195. The fraction of sp³-hybridized carbons (Fsp3) is 0.143. The highest BCUT2D eigenvalue weighted by Gasteiger charge is 2.21. The van der Waals surface area contributed by atoms with Crippen molar-refractivity contribution in [2.24, 2.45) is 0 Å². The van der Waals surface area contributed by atoms with Crippen LogP contribution in [-0.4, -0.2) is 36.8 Å². The Bertz CT molecular complexity index is 751. The van der Waals surface area contributed by atoms with E-state index in [1.165, 1.54) is 17.8 Å². The van der Waals surface area contributed by atoms with E-state index in [9.17, 15) is 18.0 Å². The Morgan fingerprint density at radius 3 is 2.36 bits per heavy atom. The van der Waals surface area contributed by atoms with Gasteiger partial charge in [-0.2, -0.15) is 8.42 Å². The number of ketones is 2. The van der Waals surface area contributed by atoms with E-state index in [0.29, 0.717) is 4.91 Å². The minimum Gasteiger partial charge on any atom is -0.381 e. The Morgan fingerprint density at radius 1 is 1.05 bits per heavy atom. The van der Waals surface area contributed by atoms with Gasteiger partial charge in [-0.1, -0.05) is 30.0 Å². The highest BCUT2D eigenvalue weighted by atomic mass is 32.2. The van der Waals surface area contributed by atoms with E-state index in [-0.39, 0.29) is 18.0 Å². The van der Waals surface area contributed by atoms with Gasteiger partial charge in [0, 0.05) is 23.6 Å². The maximum absolute atomic E-state index is 12.0. The van der Waals surface area contributed by atoms with Crippen LogP contribution < -0.4 is 5.32 Å². The molecule has 22 heavy (non-hydrogen) atoms. The molecule has 6 nitrogen and oxygen atoms in total. The van der Waals surface area contributed by atoms with Crippen molar-refractivity contribution in [2.45, 2.75) is 4.90 Å². The fourth-order valence-electron chi connectivity index (χ4n) is 1.69. The molecule has 0 saturated heterocycles. The maximum Gasteiger partial charge on any atom is 0.266 e. The van der Waals surface area contributed by atoms with Crippen LogP contribution in [0.5, 0.6) is 0 Å². The van der Waals surface area contributed by atoms with Gasteiger partial charge in [-0.3, -0.25) is 14.1 Å². The first kappa shape index (κ1) is 16.5. The SMILES string of the molecule is O=C1C=C(Sc2ccccc2)C(=O)C=C1NCCS(=O)(=O)O. The van der Waals surface area contributed by atoms with Crippen molar-refractivity contribution in [3.8, 4) is 0 Å². The zero-order valence-corrected chi connectivity index (χ0v) is 13.0. The topological polar surface area (TPSA) is 101 Å². The third-order valence-corrected chi connectivity index (χ3v) is 4.46. The van der Waals surface area contributed by atoms with Crippen LogP contribution >= 0.6 is 11.8 Å². The minimum atomic E-state index is -4.11. The van der Waals surface area contributed by atoms with Gasteiger partial charge in [0.25, 0.3) is 10.1 Å². The summed E-state index contributed by atoms with van der Waals surface area (Å²) < 4.78 is 29.8. The van der Waals surface area contributed by atoms with E-state index in [1.807, 2.05) is 30.3 Å². The summed E-state index contributed by atoms with van der Waals surface area (Å²) in [5, 5.41) is 2.54. The second-order valence-electron chi connectivity index (χ2n) is 4.42. The van der Waals surface area contributed by atoms with E-state index in [2.05, 4.69) is 5.32 Å². The van der Waals surface area contributed by atoms with Crippen LogP contribution in [0.25, 0.3) is 0 Å². The molecule has 0 fully saturated rings. The molecule has 0 unspecified atom stereocenters. The molecular weight excluding hydrogens is 326 g/mol. The fourth-order valence-corrected chi connectivity index (χ4v) is 2.92. The Morgan fingerprint density at radius 2 is 1.73 bits per heavy atom. The van der Waals surface area contributed by atoms with Gasteiger partial charge in [-0.25, -0.2) is 0 Å². The Hall–Kier alpha value is -1.90. The Balaban J connectivity index is 2.01. The monoisotopic (exact) mass is 339 g/mol. The van der Waals surface area contributed by atoms with Crippen LogP contribution in [0, 0.1) is 0 Å². The molecule has 0 amide bonds. The lowest BCUT2D eigenvalue weighted by Crippen LogP contribution is -2.28. The number of hydrogen-bond acceptors (Lipinski definition) is 6. The first-order chi connectivity index (χ1) is 10.3. The predicted octanol–water partition coefficient (Wildman–Crippen LogP) is 1.18. The van der Waals surface area contributed by atoms with Gasteiger partial charge in [0.05, 0.1) is 16.4 Å². The van der Waals surface area contributed by atoms with Gasteiger partial charge in [-0.15, -0.1) is 0 Å². The highest BCUT2D eigenvalue weighted by molar-refractivity contribution is 8.04. The van der Waals surface area contributed by atoms with Crippen molar-refractivity contribution < 1.29 is 22.6 Å².